The average Bonchev–Trinajstić information content (AvgIpc) is 2.95. The Morgan fingerprint density at radius 2 is 1.16 bits per heavy atom. The molecule has 0 spiro atoms. The number of amides is 1. The fourth-order valence-electron chi connectivity index (χ4n) is 4.74. The highest BCUT2D eigenvalue weighted by Gasteiger charge is 2.20. The monoisotopic (exact) mass is 629 g/mol. The molecule has 2 fully saturated rings. The van der Waals surface area contributed by atoms with Crippen LogP contribution in [0.3, 0.4) is 0 Å². The predicted molar refractivity (Wildman–Crippen MR) is 181 cm³/mol. The number of hydrogen-bond acceptors (Lipinski definition) is 12. The van der Waals surface area contributed by atoms with Crippen LogP contribution in [-0.4, -0.2) is 52.8 Å². The van der Waals surface area contributed by atoms with Crippen LogP contribution < -0.4 is 45.0 Å². The SMILES string of the molecule is Cl.N.N.N.N.O=C(CC(=O)c1ccc(Nc2nc(N3CCCCC3)nc(N3CCCCC3)n2)cc1)Nc1ccc(F)cc1.[HH].[HH].[HH].[HH]. The van der Waals surface area contributed by atoms with Gasteiger partial charge in [-0.1, -0.05) is 0 Å². The number of Topliss-reactive ketones (excluding diaryl/α,β-unsaturated/α-hetero) is 1. The largest absolute Gasteiger partial charge is 0.344 e. The third-order valence-corrected chi connectivity index (χ3v) is 6.80. The van der Waals surface area contributed by atoms with E-state index in [0.29, 0.717) is 29.1 Å². The molecule has 0 atom stereocenters. The van der Waals surface area contributed by atoms with Crippen LogP contribution in [0.4, 0.5) is 33.6 Å². The van der Waals surface area contributed by atoms with Crippen LogP contribution in [0.1, 0.15) is 61.0 Å². The van der Waals surface area contributed by atoms with E-state index in [4.69, 9.17) is 15.0 Å². The van der Waals surface area contributed by atoms with Gasteiger partial charge in [0.15, 0.2) is 5.78 Å². The van der Waals surface area contributed by atoms with Gasteiger partial charge in [-0.15, -0.1) is 12.4 Å². The first-order chi connectivity index (χ1) is 18.5. The molecule has 5 rings (SSSR count). The quantitative estimate of drug-likeness (QED) is 0.109. The molecule has 246 valence electrons. The first-order valence-corrected chi connectivity index (χ1v) is 13.3. The zero-order valence-electron chi connectivity index (χ0n) is 24.6. The summed E-state index contributed by atoms with van der Waals surface area (Å²) in [6.07, 6.45) is 6.66. The number of carbonyl (C=O) groups excluding carboxylic acids is 2. The highest BCUT2D eigenvalue weighted by molar-refractivity contribution is 6.11. The molecule has 14 N–H and O–H groups in total. The van der Waals surface area contributed by atoms with Crippen molar-refractivity contribution >= 4 is 53.3 Å². The summed E-state index contributed by atoms with van der Waals surface area (Å²) in [6.45, 7) is 3.76. The summed E-state index contributed by atoms with van der Waals surface area (Å²) in [5, 5.41) is 5.88. The Kier molecular flexibility index (Phi) is 16.9. The van der Waals surface area contributed by atoms with Crippen LogP contribution in [0.2, 0.25) is 0 Å². The number of nitrogens with one attached hydrogen (secondary N) is 2. The normalized spacial score (nSPS) is 13.9. The maximum absolute atomic E-state index is 13.0. The Hall–Kier alpha value is -3.95. The van der Waals surface area contributed by atoms with Crippen LogP contribution in [0.25, 0.3) is 0 Å². The van der Waals surface area contributed by atoms with Gasteiger partial charge in [-0.25, -0.2) is 4.39 Å². The second-order valence-electron chi connectivity index (χ2n) is 9.71. The zero-order chi connectivity index (χ0) is 26.3. The van der Waals surface area contributed by atoms with Gasteiger partial charge in [0.2, 0.25) is 23.8 Å². The van der Waals surface area contributed by atoms with Crippen molar-refractivity contribution in [1.82, 2.24) is 39.6 Å². The van der Waals surface area contributed by atoms with E-state index in [1.165, 1.54) is 37.1 Å². The minimum atomic E-state index is -0.454. The van der Waals surface area contributed by atoms with E-state index < -0.39 is 11.7 Å². The molecule has 2 aliphatic rings. The molecule has 0 unspecified atom stereocenters. The molecule has 3 heterocycles. The van der Waals surface area contributed by atoms with Gasteiger partial charge in [-0.3, -0.25) is 9.59 Å². The summed E-state index contributed by atoms with van der Waals surface area (Å²) in [5.74, 6) is 0.707. The van der Waals surface area contributed by atoms with E-state index >= 15 is 0 Å². The Balaban J connectivity index is -0.000000653. The van der Waals surface area contributed by atoms with Gasteiger partial charge in [-0.05, 0) is 87.1 Å². The maximum atomic E-state index is 13.0. The van der Waals surface area contributed by atoms with Gasteiger partial charge < -0.3 is 45.0 Å². The summed E-state index contributed by atoms with van der Waals surface area (Å²) in [5.41, 5.74) is 1.59. The maximum Gasteiger partial charge on any atom is 0.233 e. The van der Waals surface area contributed by atoms with Crippen LogP contribution in [0.5, 0.6) is 0 Å². The van der Waals surface area contributed by atoms with E-state index in [2.05, 4.69) is 20.4 Å². The number of piperidine rings is 2. The van der Waals surface area contributed by atoms with Crippen LogP contribution in [-0.2, 0) is 4.79 Å². The van der Waals surface area contributed by atoms with Crippen molar-refractivity contribution in [2.75, 3.05) is 46.6 Å². The van der Waals surface area contributed by atoms with Crippen LogP contribution in [0.15, 0.2) is 48.5 Å². The Labute approximate surface area is 264 Å². The van der Waals surface area contributed by atoms with Crippen molar-refractivity contribution in [3.05, 3.63) is 59.9 Å². The van der Waals surface area contributed by atoms with Crippen molar-refractivity contribution in [3.8, 4) is 0 Å². The van der Waals surface area contributed by atoms with Crippen molar-refractivity contribution < 1.29 is 19.7 Å². The summed E-state index contributed by atoms with van der Waals surface area (Å²) in [7, 11) is 0. The average molecular weight is 630 g/mol. The Morgan fingerprint density at radius 3 is 1.65 bits per heavy atom. The molecule has 1 aromatic heterocycles. The van der Waals surface area contributed by atoms with Crippen molar-refractivity contribution in [3.63, 3.8) is 0 Å². The Morgan fingerprint density at radius 1 is 0.698 bits per heavy atom. The lowest BCUT2D eigenvalue weighted by molar-refractivity contribution is -0.115. The van der Waals surface area contributed by atoms with E-state index in [1.807, 2.05) is 0 Å². The fourth-order valence-corrected chi connectivity index (χ4v) is 4.74. The third kappa shape index (κ3) is 10.7. The van der Waals surface area contributed by atoms with Gasteiger partial charge in [0.05, 0.1) is 6.42 Å². The molecule has 13 nitrogen and oxygen atoms in total. The number of rotatable bonds is 8. The molecule has 2 aromatic carbocycles. The fraction of sp³-hybridized carbons (Fsp3) is 0.393. The lowest BCUT2D eigenvalue weighted by atomic mass is 10.1. The van der Waals surface area contributed by atoms with E-state index in [0.717, 1.165) is 57.5 Å². The highest BCUT2D eigenvalue weighted by atomic mass is 35.5. The molecule has 0 radical (unpaired) electrons. The molecule has 0 bridgehead atoms. The van der Waals surface area contributed by atoms with Gasteiger partial charge in [0.25, 0.3) is 0 Å². The van der Waals surface area contributed by atoms with E-state index in [-0.39, 0.29) is 54.9 Å². The summed E-state index contributed by atoms with van der Waals surface area (Å²) >= 11 is 0. The van der Waals surface area contributed by atoms with Crippen LogP contribution >= 0.6 is 12.4 Å². The predicted octanol–water partition coefficient (Wildman–Crippen LogP) is 7.00. The number of ketones is 1. The molecular weight excluding hydrogens is 577 g/mol. The molecule has 43 heavy (non-hydrogen) atoms. The molecule has 0 saturated carbocycles. The topological polar surface area (TPSA) is 243 Å². The number of anilines is 5. The number of halogens is 2. The minimum absolute atomic E-state index is 0. The molecule has 2 aliphatic heterocycles. The lowest BCUT2D eigenvalue weighted by Crippen LogP contribution is -2.34. The van der Waals surface area contributed by atoms with Crippen molar-refractivity contribution in [2.24, 2.45) is 0 Å². The zero-order valence-corrected chi connectivity index (χ0v) is 25.4. The van der Waals surface area contributed by atoms with E-state index in [9.17, 15) is 14.0 Å². The number of benzene rings is 2. The van der Waals surface area contributed by atoms with Gasteiger partial charge >= 0.3 is 0 Å². The lowest BCUT2D eigenvalue weighted by Gasteiger charge is -2.30. The first-order valence-electron chi connectivity index (χ1n) is 13.3. The van der Waals surface area contributed by atoms with Crippen molar-refractivity contribution in [2.45, 2.75) is 44.9 Å². The smallest absolute Gasteiger partial charge is 0.233 e. The number of carbonyl (C=O) groups is 2. The summed E-state index contributed by atoms with van der Waals surface area (Å²) in [4.78, 5) is 43.6. The van der Waals surface area contributed by atoms with Crippen LogP contribution in [0, 0.1) is 5.82 Å². The molecule has 1 amide bonds. The molecule has 2 saturated heterocycles. The molecule has 15 heteroatoms. The van der Waals surface area contributed by atoms with E-state index in [1.54, 1.807) is 24.3 Å². The second kappa shape index (κ2) is 18.6. The van der Waals surface area contributed by atoms with Gasteiger partial charge in [-0.2, -0.15) is 15.0 Å². The van der Waals surface area contributed by atoms with Crippen molar-refractivity contribution in [1.29, 1.82) is 0 Å². The Bertz CT molecular complexity index is 1250. The second-order valence-corrected chi connectivity index (χ2v) is 9.71. The molecular formula is C28H53ClFN11O2. The standard InChI is InChI=1S/C28H32FN7O2.ClH.4H3N.4H2/c29-21-9-13-22(14-10-21)30-25(38)19-24(37)20-7-11-23(12-8-20)31-26-32-27(35-15-3-1-4-16-35)34-28(33-26)36-17-5-2-6-18-36;;;;;;;;;/h7-14H,1-6,15-19H2,(H,30,38)(H,31,32,33,34);1H;4*1H3;4*1H. The minimum Gasteiger partial charge on any atom is -0.344 e. The number of nitrogens with zero attached hydrogens (tertiary/aromatic N) is 5. The third-order valence-electron chi connectivity index (χ3n) is 6.80. The summed E-state index contributed by atoms with van der Waals surface area (Å²) < 4.78 is 13.0. The number of aromatic nitrogens is 3. The summed E-state index contributed by atoms with van der Waals surface area (Å²) in [6, 6.07) is 12.3. The van der Waals surface area contributed by atoms with Gasteiger partial charge in [0, 0.05) is 48.8 Å². The van der Waals surface area contributed by atoms with Gasteiger partial charge in [0.1, 0.15) is 5.82 Å². The molecule has 3 aromatic rings. The number of hydrogen-bond donors (Lipinski definition) is 6. The highest BCUT2D eigenvalue weighted by Crippen LogP contribution is 2.24. The first kappa shape index (κ1) is 39.0. The molecule has 0 aliphatic carbocycles.